The molecule has 1 heterocycles. The van der Waals surface area contributed by atoms with E-state index in [2.05, 4.69) is 5.10 Å². The maximum atomic E-state index is 12.1. The molecule has 1 fully saturated rings. The minimum absolute atomic E-state index is 0.0614. The summed E-state index contributed by atoms with van der Waals surface area (Å²) in [6.07, 6.45) is 9.01. The Balaban J connectivity index is 1.73. The van der Waals surface area contributed by atoms with Crippen LogP contribution in [-0.2, 0) is 17.2 Å². The van der Waals surface area contributed by atoms with Gasteiger partial charge in [0.15, 0.2) is 0 Å². The monoisotopic (exact) mass is 320 g/mol. The van der Waals surface area contributed by atoms with Crippen molar-refractivity contribution in [2.75, 3.05) is 0 Å². The molecule has 0 saturated heterocycles. The van der Waals surface area contributed by atoms with E-state index in [-0.39, 0.29) is 4.90 Å². The van der Waals surface area contributed by atoms with Crippen LogP contribution < -0.4 is 4.18 Å². The van der Waals surface area contributed by atoms with Crippen LogP contribution >= 0.6 is 0 Å². The number of aromatic nitrogens is 2. The molecular weight excluding hydrogens is 300 g/mol. The van der Waals surface area contributed by atoms with Gasteiger partial charge in [-0.15, -0.1) is 0 Å². The second-order valence-electron chi connectivity index (χ2n) is 5.79. The highest BCUT2D eigenvalue weighted by Crippen LogP contribution is 2.33. The van der Waals surface area contributed by atoms with E-state index in [0.717, 1.165) is 0 Å². The molecule has 0 spiro atoms. The SMILES string of the molecule is Cn1cc(S(=O)(=O)Oc2ccc(C3CCCCC3)cc2)cn1. The Morgan fingerprint density at radius 1 is 1.14 bits per heavy atom. The molecule has 118 valence electrons. The van der Waals surface area contributed by atoms with Gasteiger partial charge in [0.25, 0.3) is 0 Å². The molecule has 0 amide bonds. The van der Waals surface area contributed by atoms with Crippen LogP contribution in [0.15, 0.2) is 41.6 Å². The zero-order valence-corrected chi connectivity index (χ0v) is 13.4. The van der Waals surface area contributed by atoms with E-state index >= 15 is 0 Å². The normalized spacial score (nSPS) is 16.6. The summed E-state index contributed by atoms with van der Waals surface area (Å²) in [5.41, 5.74) is 1.27. The molecule has 0 atom stereocenters. The lowest BCUT2D eigenvalue weighted by Gasteiger charge is -2.22. The number of hydrogen-bond acceptors (Lipinski definition) is 4. The van der Waals surface area contributed by atoms with Crippen molar-refractivity contribution in [3.8, 4) is 5.75 Å². The minimum Gasteiger partial charge on any atom is -0.379 e. The van der Waals surface area contributed by atoms with Gasteiger partial charge in [-0.1, -0.05) is 31.4 Å². The molecule has 1 aliphatic rings. The van der Waals surface area contributed by atoms with Crippen LogP contribution in [0.25, 0.3) is 0 Å². The molecule has 3 rings (SSSR count). The Bertz CT molecular complexity index is 729. The molecule has 1 aliphatic carbocycles. The Morgan fingerprint density at radius 2 is 1.82 bits per heavy atom. The zero-order chi connectivity index (χ0) is 15.6. The predicted molar refractivity (Wildman–Crippen MR) is 83.3 cm³/mol. The Labute approximate surface area is 131 Å². The number of hydrogen-bond donors (Lipinski definition) is 0. The third kappa shape index (κ3) is 3.32. The van der Waals surface area contributed by atoms with E-state index in [4.69, 9.17) is 4.18 Å². The van der Waals surface area contributed by atoms with E-state index in [9.17, 15) is 8.42 Å². The van der Waals surface area contributed by atoms with Gasteiger partial charge in [-0.25, -0.2) is 0 Å². The average Bonchev–Trinajstić information content (AvgIpc) is 2.96. The number of benzene rings is 1. The summed E-state index contributed by atoms with van der Waals surface area (Å²) < 4.78 is 30.8. The van der Waals surface area contributed by atoms with Gasteiger partial charge in [-0.2, -0.15) is 13.5 Å². The lowest BCUT2D eigenvalue weighted by atomic mass is 9.84. The van der Waals surface area contributed by atoms with Crippen molar-refractivity contribution in [2.45, 2.75) is 42.9 Å². The number of nitrogens with zero attached hydrogens (tertiary/aromatic N) is 2. The molecule has 0 unspecified atom stereocenters. The fraction of sp³-hybridized carbons (Fsp3) is 0.438. The molecular formula is C16H20N2O3S. The highest BCUT2D eigenvalue weighted by molar-refractivity contribution is 7.87. The quantitative estimate of drug-likeness (QED) is 0.811. The molecule has 1 saturated carbocycles. The van der Waals surface area contributed by atoms with Crippen LogP contribution in [-0.4, -0.2) is 18.2 Å². The van der Waals surface area contributed by atoms with Crippen molar-refractivity contribution in [3.63, 3.8) is 0 Å². The molecule has 5 nitrogen and oxygen atoms in total. The predicted octanol–water partition coefficient (Wildman–Crippen LogP) is 3.24. The second kappa shape index (κ2) is 6.12. The summed E-state index contributed by atoms with van der Waals surface area (Å²) in [6.45, 7) is 0. The van der Waals surface area contributed by atoms with Crippen LogP contribution in [0.3, 0.4) is 0 Å². The Morgan fingerprint density at radius 3 is 2.41 bits per heavy atom. The van der Waals surface area contributed by atoms with Gasteiger partial charge in [-0.05, 0) is 36.5 Å². The van der Waals surface area contributed by atoms with Crippen LogP contribution in [0.2, 0.25) is 0 Å². The Hall–Kier alpha value is -1.82. The fourth-order valence-corrected chi connectivity index (χ4v) is 3.85. The largest absolute Gasteiger partial charge is 0.379 e. The molecule has 0 radical (unpaired) electrons. The summed E-state index contributed by atoms with van der Waals surface area (Å²) in [5, 5.41) is 3.86. The molecule has 1 aromatic heterocycles. The second-order valence-corrected chi connectivity index (χ2v) is 7.34. The molecule has 6 heteroatoms. The van der Waals surface area contributed by atoms with Gasteiger partial charge >= 0.3 is 10.1 Å². The van der Waals surface area contributed by atoms with Crippen molar-refractivity contribution in [3.05, 3.63) is 42.2 Å². The topological polar surface area (TPSA) is 61.2 Å². The van der Waals surface area contributed by atoms with E-state index in [1.807, 2.05) is 12.1 Å². The first-order chi connectivity index (χ1) is 10.5. The Kier molecular flexibility index (Phi) is 4.20. The van der Waals surface area contributed by atoms with Crippen molar-refractivity contribution in [1.82, 2.24) is 9.78 Å². The van der Waals surface area contributed by atoms with Crippen LogP contribution in [0, 0.1) is 0 Å². The molecule has 2 aromatic rings. The first-order valence-corrected chi connectivity index (χ1v) is 8.98. The smallest absolute Gasteiger partial charge is 0.342 e. The van der Waals surface area contributed by atoms with Crippen LogP contribution in [0.4, 0.5) is 0 Å². The standard InChI is InChI=1S/C16H20N2O3S/c1-18-12-16(11-17-18)22(19,20)21-15-9-7-14(8-10-15)13-5-3-2-4-6-13/h7-13H,2-6H2,1H3. The maximum Gasteiger partial charge on any atom is 0.342 e. The van der Waals surface area contributed by atoms with Gasteiger partial charge < -0.3 is 4.18 Å². The summed E-state index contributed by atoms with van der Waals surface area (Å²) in [5.74, 6) is 0.932. The third-order valence-electron chi connectivity index (χ3n) is 4.13. The third-order valence-corrected chi connectivity index (χ3v) is 5.33. The van der Waals surface area contributed by atoms with E-state index in [1.54, 1.807) is 19.2 Å². The van der Waals surface area contributed by atoms with Gasteiger partial charge in [0.2, 0.25) is 0 Å². The van der Waals surface area contributed by atoms with Crippen LogP contribution in [0.1, 0.15) is 43.6 Å². The van der Waals surface area contributed by atoms with E-state index < -0.39 is 10.1 Å². The average molecular weight is 320 g/mol. The van der Waals surface area contributed by atoms with Gasteiger partial charge in [0.1, 0.15) is 10.6 Å². The summed E-state index contributed by atoms with van der Waals surface area (Å²) in [7, 11) is -2.15. The highest BCUT2D eigenvalue weighted by Gasteiger charge is 2.19. The first kappa shape index (κ1) is 15.1. The van der Waals surface area contributed by atoms with Crippen molar-refractivity contribution < 1.29 is 12.6 Å². The zero-order valence-electron chi connectivity index (χ0n) is 12.6. The van der Waals surface area contributed by atoms with Gasteiger partial charge in [-0.3, -0.25) is 4.68 Å². The van der Waals surface area contributed by atoms with Crippen molar-refractivity contribution in [2.24, 2.45) is 7.05 Å². The molecule has 0 N–H and O–H groups in total. The summed E-state index contributed by atoms with van der Waals surface area (Å²) in [4.78, 5) is 0.0614. The summed E-state index contributed by atoms with van der Waals surface area (Å²) >= 11 is 0. The molecule has 1 aromatic carbocycles. The van der Waals surface area contributed by atoms with E-state index in [1.165, 1.54) is 54.7 Å². The lowest BCUT2D eigenvalue weighted by Crippen LogP contribution is -2.09. The van der Waals surface area contributed by atoms with Crippen molar-refractivity contribution in [1.29, 1.82) is 0 Å². The van der Waals surface area contributed by atoms with Crippen molar-refractivity contribution >= 4 is 10.1 Å². The molecule has 22 heavy (non-hydrogen) atoms. The molecule has 0 aliphatic heterocycles. The first-order valence-electron chi connectivity index (χ1n) is 7.58. The van der Waals surface area contributed by atoms with Gasteiger partial charge in [0.05, 0.1) is 6.20 Å². The minimum atomic E-state index is -3.81. The maximum absolute atomic E-state index is 12.1. The van der Waals surface area contributed by atoms with E-state index in [0.29, 0.717) is 11.7 Å². The fourth-order valence-electron chi connectivity index (χ4n) is 2.93. The van der Waals surface area contributed by atoms with Crippen LogP contribution in [0.5, 0.6) is 5.75 Å². The molecule has 0 bridgehead atoms. The van der Waals surface area contributed by atoms with Gasteiger partial charge in [0, 0.05) is 13.2 Å². The summed E-state index contributed by atoms with van der Waals surface area (Å²) in [6, 6.07) is 7.42. The lowest BCUT2D eigenvalue weighted by molar-refractivity contribution is 0.443. The number of aryl methyl sites for hydroxylation is 1. The highest BCUT2D eigenvalue weighted by atomic mass is 32.2. The number of rotatable bonds is 4.